The number of hydrogen-bond donors (Lipinski definition) is 3. The Balaban J connectivity index is 1.94. The van der Waals surface area contributed by atoms with Crippen molar-refractivity contribution in [3.63, 3.8) is 0 Å². The lowest BCUT2D eigenvalue weighted by molar-refractivity contribution is -0.124. The van der Waals surface area contributed by atoms with E-state index in [1.54, 1.807) is 13.8 Å². The van der Waals surface area contributed by atoms with E-state index in [9.17, 15) is 14.4 Å². The summed E-state index contributed by atoms with van der Waals surface area (Å²) in [5.41, 5.74) is 5.47. The zero-order chi connectivity index (χ0) is 21.7. The van der Waals surface area contributed by atoms with Crippen LogP contribution in [0.2, 0.25) is 0 Å². The highest BCUT2D eigenvalue weighted by Crippen LogP contribution is 2.21. The van der Waals surface area contributed by atoms with Crippen molar-refractivity contribution in [2.24, 2.45) is 0 Å². The molecule has 3 N–H and O–H groups in total. The number of pyridine rings is 1. The predicted molar refractivity (Wildman–Crippen MR) is 112 cm³/mol. The smallest absolute Gasteiger partial charge is 0.266 e. The third-order valence-corrected chi connectivity index (χ3v) is 4.91. The van der Waals surface area contributed by atoms with Crippen LogP contribution in [0.15, 0.2) is 16.9 Å². The van der Waals surface area contributed by atoms with Crippen molar-refractivity contribution in [3.05, 3.63) is 61.6 Å². The summed E-state index contributed by atoms with van der Waals surface area (Å²) in [5.74, 6) is -0.572. The highest BCUT2D eigenvalue weighted by atomic mass is 16.2. The Bertz CT molecular complexity index is 1040. The molecule has 0 spiro atoms. The number of H-pyrrole nitrogens is 1. The lowest BCUT2D eigenvalue weighted by Crippen LogP contribution is -2.33. The standard InChI is InChI=1S/C22H26N4O3/c1-12-8-13(2)21(14(3)9-12)26-20(28)11-24-19(27)7-6-17-15(4)18(10-23)22(29)25-16(17)5/h8-9H,6-7,11H2,1-5H3,(H,24,27)(H,25,29)(H,26,28). The minimum absolute atomic E-state index is 0.0641. The van der Waals surface area contributed by atoms with Crippen LogP contribution in [0.5, 0.6) is 0 Å². The van der Waals surface area contributed by atoms with Crippen molar-refractivity contribution in [2.45, 2.75) is 47.5 Å². The molecule has 0 unspecified atom stereocenters. The monoisotopic (exact) mass is 394 g/mol. The van der Waals surface area contributed by atoms with E-state index in [4.69, 9.17) is 5.26 Å². The molecule has 0 radical (unpaired) electrons. The Morgan fingerprint density at radius 3 is 2.28 bits per heavy atom. The number of aromatic nitrogens is 1. The molecule has 1 aromatic heterocycles. The SMILES string of the molecule is Cc1cc(C)c(NC(=O)CNC(=O)CCc2c(C)[nH]c(=O)c(C#N)c2C)c(C)c1. The summed E-state index contributed by atoms with van der Waals surface area (Å²) in [7, 11) is 0. The van der Waals surface area contributed by atoms with Crippen molar-refractivity contribution in [3.8, 4) is 6.07 Å². The van der Waals surface area contributed by atoms with Gasteiger partial charge in [0, 0.05) is 17.8 Å². The van der Waals surface area contributed by atoms with Crippen LogP contribution >= 0.6 is 0 Å². The van der Waals surface area contributed by atoms with Gasteiger partial charge in [-0.15, -0.1) is 0 Å². The average Bonchev–Trinajstić information content (AvgIpc) is 2.62. The molecule has 0 aliphatic carbocycles. The third-order valence-electron chi connectivity index (χ3n) is 4.91. The van der Waals surface area contributed by atoms with E-state index in [0.29, 0.717) is 17.7 Å². The van der Waals surface area contributed by atoms with Gasteiger partial charge in [0.2, 0.25) is 11.8 Å². The number of hydrogen-bond acceptors (Lipinski definition) is 4. The molecule has 7 nitrogen and oxygen atoms in total. The van der Waals surface area contributed by atoms with Gasteiger partial charge >= 0.3 is 0 Å². The maximum atomic E-state index is 12.2. The van der Waals surface area contributed by atoms with Gasteiger partial charge in [0.1, 0.15) is 11.6 Å². The van der Waals surface area contributed by atoms with Crippen LogP contribution < -0.4 is 16.2 Å². The average molecular weight is 394 g/mol. The number of anilines is 1. The summed E-state index contributed by atoms with van der Waals surface area (Å²) < 4.78 is 0. The summed E-state index contributed by atoms with van der Waals surface area (Å²) in [6.07, 6.45) is 0.515. The largest absolute Gasteiger partial charge is 0.347 e. The van der Waals surface area contributed by atoms with Gasteiger partial charge in [-0.2, -0.15) is 5.26 Å². The first kappa shape index (κ1) is 21.9. The Kier molecular flexibility index (Phi) is 6.94. The highest BCUT2D eigenvalue weighted by Gasteiger charge is 2.14. The zero-order valence-electron chi connectivity index (χ0n) is 17.4. The van der Waals surface area contributed by atoms with Crippen LogP contribution in [0.3, 0.4) is 0 Å². The molecule has 2 rings (SSSR count). The number of rotatable bonds is 6. The van der Waals surface area contributed by atoms with E-state index >= 15 is 0 Å². The Labute approximate surface area is 170 Å². The number of nitrogens with zero attached hydrogens (tertiary/aromatic N) is 1. The summed E-state index contributed by atoms with van der Waals surface area (Å²) >= 11 is 0. The molecule has 0 atom stereocenters. The number of carbonyl (C=O) groups excluding carboxylic acids is 2. The highest BCUT2D eigenvalue weighted by molar-refractivity contribution is 5.95. The van der Waals surface area contributed by atoms with Gasteiger partial charge < -0.3 is 15.6 Å². The predicted octanol–water partition coefficient (Wildman–Crippen LogP) is 2.48. The molecule has 1 aromatic carbocycles. The van der Waals surface area contributed by atoms with Crippen LogP contribution in [-0.2, 0) is 16.0 Å². The van der Waals surface area contributed by atoms with E-state index in [-0.39, 0.29) is 30.3 Å². The number of benzene rings is 1. The molecule has 0 fully saturated rings. The molecule has 0 bridgehead atoms. The van der Waals surface area contributed by atoms with E-state index in [1.165, 1.54) is 0 Å². The second kappa shape index (κ2) is 9.20. The topological polar surface area (TPSA) is 115 Å². The molecule has 0 aliphatic rings. The molecule has 0 aliphatic heterocycles. The van der Waals surface area contributed by atoms with Crippen molar-refractivity contribution in [1.29, 1.82) is 5.26 Å². The van der Waals surface area contributed by atoms with E-state index < -0.39 is 5.56 Å². The Morgan fingerprint density at radius 2 is 1.69 bits per heavy atom. The quantitative estimate of drug-likeness (QED) is 0.698. The van der Waals surface area contributed by atoms with Crippen LogP contribution in [0.4, 0.5) is 5.69 Å². The van der Waals surface area contributed by atoms with Crippen molar-refractivity contribution >= 4 is 17.5 Å². The van der Waals surface area contributed by atoms with Gasteiger partial charge in [-0.25, -0.2) is 0 Å². The number of nitriles is 1. The fourth-order valence-corrected chi connectivity index (χ4v) is 3.49. The minimum atomic E-state index is -0.422. The van der Waals surface area contributed by atoms with Gasteiger partial charge in [0.05, 0.1) is 6.54 Å². The first-order valence-corrected chi connectivity index (χ1v) is 9.40. The molecule has 1 heterocycles. The first-order valence-electron chi connectivity index (χ1n) is 9.40. The second-order valence-corrected chi connectivity index (χ2v) is 7.27. The second-order valence-electron chi connectivity index (χ2n) is 7.27. The molecule has 0 saturated heterocycles. The van der Waals surface area contributed by atoms with Crippen LogP contribution in [0, 0.1) is 45.9 Å². The van der Waals surface area contributed by atoms with Gasteiger partial charge in [-0.05, 0) is 63.3 Å². The fraction of sp³-hybridized carbons (Fsp3) is 0.364. The molecule has 29 heavy (non-hydrogen) atoms. The molecular weight excluding hydrogens is 368 g/mol. The van der Waals surface area contributed by atoms with E-state index in [2.05, 4.69) is 15.6 Å². The fourth-order valence-electron chi connectivity index (χ4n) is 3.49. The maximum absolute atomic E-state index is 12.2. The molecule has 2 amide bonds. The number of aromatic amines is 1. The molecule has 152 valence electrons. The number of amides is 2. The lowest BCUT2D eigenvalue weighted by atomic mass is 9.99. The van der Waals surface area contributed by atoms with Gasteiger partial charge in [0.25, 0.3) is 5.56 Å². The molecule has 0 saturated carbocycles. The molecule has 2 aromatic rings. The minimum Gasteiger partial charge on any atom is -0.347 e. The van der Waals surface area contributed by atoms with Gasteiger partial charge in [-0.1, -0.05) is 17.7 Å². The first-order chi connectivity index (χ1) is 13.6. The summed E-state index contributed by atoms with van der Waals surface area (Å²) in [6.45, 7) is 9.17. The van der Waals surface area contributed by atoms with Gasteiger partial charge in [0.15, 0.2) is 0 Å². The summed E-state index contributed by atoms with van der Waals surface area (Å²) in [6, 6.07) is 5.88. The van der Waals surface area contributed by atoms with Crippen molar-refractivity contribution < 1.29 is 9.59 Å². The van der Waals surface area contributed by atoms with Crippen LogP contribution in [-0.4, -0.2) is 23.3 Å². The van der Waals surface area contributed by atoms with Crippen molar-refractivity contribution in [1.82, 2.24) is 10.3 Å². The Hall–Kier alpha value is -3.40. The summed E-state index contributed by atoms with van der Waals surface area (Å²) in [4.78, 5) is 38.8. The molecule has 7 heteroatoms. The summed E-state index contributed by atoms with van der Waals surface area (Å²) in [5, 5.41) is 14.6. The zero-order valence-corrected chi connectivity index (χ0v) is 17.4. The maximum Gasteiger partial charge on any atom is 0.266 e. The molecular formula is C22H26N4O3. The van der Waals surface area contributed by atoms with E-state index in [1.807, 2.05) is 39.0 Å². The van der Waals surface area contributed by atoms with Gasteiger partial charge in [-0.3, -0.25) is 14.4 Å². The van der Waals surface area contributed by atoms with Crippen molar-refractivity contribution in [2.75, 3.05) is 11.9 Å². The number of carbonyl (C=O) groups is 2. The number of nitrogens with one attached hydrogen (secondary N) is 3. The Morgan fingerprint density at radius 1 is 1.07 bits per heavy atom. The third kappa shape index (κ3) is 5.32. The van der Waals surface area contributed by atoms with Crippen LogP contribution in [0.25, 0.3) is 0 Å². The van der Waals surface area contributed by atoms with Crippen LogP contribution in [0.1, 0.15) is 45.5 Å². The lowest BCUT2D eigenvalue weighted by Gasteiger charge is -2.13. The normalized spacial score (nSPS) is 10.3. The van der Waals surface area contributed by atoms with E-state index in [0.717, 1.165) is 27.9 Å². The number of aryl methyl sites for hydroxylation is 4.